The molecule has 0 saturated carbocycles. The topological polar surface area (TPSA) is 37.4 Å². The maximum atomic E-state index is 13.2. The minimum Gasteiger partial charge on any atom is -0.262 e. The van der Waals surface area contributed by atoms with Crippen LogP contribution in [-0.2, 0) is 16.6 Å². The van der Waals surface area contributed by atoms with E-state index in [1.54, 1.807) is 12.1 Å². The molecule has 3 nitrogen and oxygen atoms in total. The Morgan fingerprint density at radius 1 is 0.750 bits per heavy atom. The Morgan fingerprint density at radius 3 is 1.88 bits per heavy atom. The lowest BCUT2D eigenvalue weighted by Crippen LogP contribution is -2.30. The van der Waals surface area contributed by atoms with Gasteiger partial charge in [0.2, 0.25) is 0 Å². The number of sulfonamides is 1. The highest BCUT2D eigenvalue weighted by molar-refractivity contribution is 7.92. The van der Waals surface area contributed by atoms with Crippen LogP contribution in [0.5, 0.6) is 0 Å². The third-order valence-corrected chi connectivity index (χ3v) is 5.61. The van der Waals surface area contributed by atoms with Gasteiger partial charge in [-0.15, -0.1) is 0 Å². The third kappa shape index (κ3) is 3.49. The summed E-state index contributed by atoms with van der Waals surface area (Å²) in [6.45, 7) is 2.23. The fourth-order valence-electron chi connectivity index (χ4n) is 2.50. The van der Waals surface area contributed by atoms with Crippen molar-refractivity contribution in [2.24, 2.45) is 0 Å². The molecule has 0 aliphatic rings. The molecule has 0 spiro atoms. The number of aryl methyl sites for hydroxylation is 1. The third-order valence-electron chi connectivity index (χ3n) is 3.82. The van der Waals surface area contributed by atoms with E-state index < -0.39 is 10.0 Å². The summed E-state index contributed by atoms with van der Waals surface area (Å²) in [6, 6.07) is 25.8. The van der Waals surface area contributed by atoms with Crippen LogP contribution in [0, 0.1) is 6.92 Å². The number of hydrogen-bond donors (Lipinski definition) is 0. The zero-order valence-corrected chi connectivity index (χ0v) is 14.3. The van der Waals surface area contributed by atoms with Gasteiger partial charge in [0.15, 0.2) is 0 Å². The highest BCUT2D eigenvalue weighted by Gasteiger charge is 2.24. The summed E-state index contributed by atoms with van der Waals surface area (Å²) >= 11 is 0. The highest BCUT2D eigenvalue weighted by atomic mass is 32.2. The molecule has 0 N–H and O–H groups in total. The van der Waals surface area contributed by atoms with Crippen LogP contribution >= 0.6 is 0 Å². The van der Waals surface area contributed by atoms with Crippen LogP contribution in [0.4, 0.5) is 5.69 Å². The van der Waals surface area contributed by atoms with E-state index >= 15 is 0 Å². The molecule has 0 atom stereocenters. The van der Waals surface area contributed by atoms with Crippen molar-refractivity contribution in [2.75, 3.05) is 4.31 Å². The van der Waals surface area contributed by atoms with Crippen molar-refractivity contribution in [1.82, 2.24) is 0 Å². The molecule has 0 aliphatic heterocycles. The van der Waals surface area contributed by atoms with Crippen molar-refractivity contribution in [2.45, 2.75) is 18.4 Å². The average Bonchev–Trinajstić information content (AvgIpc) is 2.61. The van der Waals surface area contributed by atoms with Crippen molar-refractivity contribution in [3.8, 4) is 0 Å². The quantitative estimate of drug-likeness (QED) is 0.692. The van der Waals surface area contributed by atoms with Crippen LogP contribution in [0.3, 0.4) is 0 Å². The normalized spacial score (nSPS) is 11.2. The first-order valence-corrected chi connectivity index (χ1v) is 9.20. The first-order valence-electron chi connectivity index (χ1n) is 7.76. The molecule has 0 bridgehead atoms. The van der Waals surface area contributed by atoms with Gasteiger partial charge in [0.1, 0.15) is 0 Å². The van der Waals surface area contributed by atoms with E-state index in [1.807, 2.05) is 79.7 Å². The smallest absolute Gasteiger partial charge is 0.262 e. The van der Waals surface area contributed by atoms with Crippen LogP contribution in [0.1, 0.15) is 11.1 Å². The summed E-state index contributed by atoms with van der Waals surface area (Å²) < 4.78 is 27.8. The molecule has 0 fully saturated rings. The molecule has 0 aromatic heterocycles. The molecule has 0 heterocycles. The van der Waals surface area contributed by atoms with Crippen LogP contribution in [0.15, 0.2) is 89.8 Å². The van der Waals surface area contributed by atoms with Crippen LogP contribution < -0.4 is 4.31 Å². The fourth-order valence-corrected chi connectivity index (χ4v) is 3.95. The molecule has 3 aromatic rings. The van der Waals surface area contributed by atoms with Gasteiger partial charge in [-0.3, -0.25) is 4.31 Å². The van der Waals surface area contributed by atoms with E-state index in [2.05, 4.69) is 0 Å². The van der Waals surface area contributed by atoms with Crippen molar-refractivity contribution in [3.05, 3.63) is 96.1 Å². The highest BCUT2D eigenvalue weighted by Crippen LogP contribution is 2.25. The number of hydrogen-bond acceptors (Lipinski definition) is 2. The van der Waals surface area contributed by atoms with E-state index in [1.165, 1.54) is 4.31 Å². The summed E-state index contributed by atoms with van der Waals surface area (Å²) in [5.74, 6) is 0. The molecule has 24 heavy (non-hydrogen) atoms. The lowest BCUT2D eigenvalue weighted by molar-refractivity contribution is 0.590. The van der Waals surface area contributed by atoms with Gasteiger partial charge in [-0.1, -0.05) is 66.2 Å². The number of nitrogens with zero attached hydrogens (tertiary/aromatic N) is 1. The van der Waals surface area contributed by atoms with E-state index in [9.17, 15) is 8.42 Å². The van der Waals surface area contributed by atoms with Crippen LogP contribution in [0.25, 0.3) is 0 Å². The SMILES string of the molecule is Cc1ccc(S(=O)(=O)N(Cc2ccccc2)c2ccccc2)cc1. The second kappa shape index (κ2) is 6.89. The maximum Gasteiger partial charge on any atom is 0.264 e. The summed E-state index contributed by atoms with van der Waals surface area (Å²) in [7, 11) is -3.64. The van der Waals surface area contributed by atoms with Crippen molar-refractivity contribution in [3.63, 3.8) is 0 Å². The Balaban J connectivity index is 2.05. The van der Waals surface area contributed by atoms with Gasteiger partial charge in [-0.25, -0.2) is 8.42 Å². The molecule has 0 aliphatic carbocycles. The molecule has 0 amide bonds. The molecule has 3 aromatic carbocycles. The van der Waals surface area contributed by atoms with E-state index in [4.69, 9.17) is 0 Å². The molecular formula is C20H19NO2S. The summed E-state index contributed by atoms with van der Waals surface area (Å²) in [5.41, 5.74) is 2.63. The molecule has 0 radical (unpaired) electrons. The largest absolute Gasteiger partial charge is 0.264 e. The van der Waals surface area contributed by atoms with Gasteiger partial charge in [0.05, 0.1) is 17.1 Å². The summed E-state index contributed by atoms with van der Waals surface area (Å²) in [6.07, 6.45) is 0. The first-order chi connectivity index (χ1) is 11.6. The van der Waals surface area contributed by atoms with Gasteiger partial charge in [-0.2, -0.15) is 0 Å². The Bertz CT molecular complexity index is 889. The fraction of sp³-hybridized carbons (Fsp3) is 0.100. The standard InChI is InChI=1S/C20H19NO2S/c1-17-12-14-20(15-13-17)24(22,23)21(19-10-6-3-7-11-19)16-18-8-4-2-5-9-18/h2-15H,16H2,1H3. The monoisotopic (exact) mass is 337 g/mol. The van der Waals surface area contributed by atoms with Crippen LogP contribution in [0.2, 0.25) is 0 Å². The van der Waals surface area contributed by atoms with Gasteiger partial charge in [0.25, 0.3) is 10.0 Å². The summed E-state index contributed by atoms with van der Waals surface area (Å²) in [4.78, 5) is 0.299. The molecule has 0 saturated heterocycles. The summed E-state index contributed by atoms with van der Waals surface area (Å²) in [5, 5.41) is 0. The first kappa shape index (κ1) is 16.3. The average molecular weight is 337 g/mol. The number of anilines is 1. The Hall–Kier alpha value is -2.59. The van der Waals surface area contributed by atoms with Crippen molar-refractivity contribution < 1.29 is 8.42 Å². The second-order valence-corrected chi connectivity index (χ2v) is 7.51. The lowest BCUT2D eigenvalue weighted by Gasteiger charge is -2.24. The van der Waals surface area contributed by atoms with E-state index in [-0.39, 0.29) is 0 Å². The Morgan fingerprint density at radius 2 is 1.29 bits per heavy atom. The molecule has 122 valence electrons. The predicted octanol–water partition coefficient (Wildman–Crippen LogP) is 4.39. The molecule has 3 rings (SSSR count). The predicted molar refractivity (Wildman–Crippen MR) is 97.4 cm³/mol. The number of para-hydroxylation sites is 1. The Kier molecular flexibility index (Phi) is 4.67. The minimum atomic E-state index is -3.64. The molecule has 4 heteroatoms. The van der Waals surface area contributed by atoms with Gasteiger partial charge < -0.3 is 0 Å². The molecular weight excluding hydrogens is 318 g/mol. The minimum absolute atomic E-state index is 0.293. The molecule has 0 unspecified atom stereocenters. The zero-order chi connectivity index (χ0) is 17.0. The van der Waals surface area contributed by atoms with E-state index in [0.29, 0.717) is 17.1 Å². The van der Waals surface area contributed by atoms with E-state index in [0.717, 1.165) is 11.1 Å². The maximum absolute atomic E-state index is 13.2. The van der Waals surface area contributed by atoms with Crippen LogP contribution in [-0.4, -0.2) is 8.42 Å². The van der Waals surface area contributed by atoms with Gasteiger partial charge in [-0.05, 0) is 36.8 Å². The van der Waals surface area contributed by atoms with Gasteiger partial charge >= 0.3 is 0 Å². The number of rotatable bonds is 5. The zero-order valence-electron chi connectivity index (χ0n) is 13.5. The van der Waals surface area contributed by atoms with Crippen molar-refractivity contribution in [1.29, 1.82) is 0 Å². The lowest BCUT2D eigenvalue weighted by atomic mass is 10.2. The van der Waals surface area contributed by atoms with Gasteiger partial charge in [0, 0.05) is 0 Å². The van der Waals surface area contributed by atoms with Crippen molar-refractivity contribution >= 4 is 15.7 Å². The number of benzene rings is 3. The Labute approximate surface area is 143 Å². The second-order valence-electron chi connectivity index (χ2n) is 5.65.